The molecule has 0 radical (unpaired) electrons. The molecule has 2 bridgehead atoms. The second-order valence-corrected chi connectivity index (χ2v) is 10.1. The second kappa shape index (κ2) is 6.33. The molecule has 27 heavy (non-hydrogen) atoms. The molecule has 0 amide bonds. The highest BCUT2D eigenvalue weighted by atomic mass is 16.5. The minimum absolute atomic E-state index is 0.00451. The highest BCUT2D eigenvalue weighted by Crippen LogP contribution is 2.69. The molecule has 0 aromatic carbocycles. The second-order valence-electron chi connectivity index (χ2n) is 10.1. The zero-order chi connectivity index (χ0) is 20.3. The SMILES string of the molecule is COC(=O)C[C@]1(C)[C@@H](C(C)(C)C(=O)OC)CC[C@@]23C=C[C@@H](C[C@H]21)[C@@](C)(O)C3. The molecule has 4 aliphatic rings. The van der Waals surface area contributed by atoms with Gasteiger partial charge in [0.05, 0.1) is 31.7 Å². The fraction of sp³-hybridized carbons (Fsp3) is 0.818. The van der Waals surface area contributed by atoms with E-state index in [0.29, 0.717) is 6.42 Å². The van der Waals surface area contributed by atoms with Gasteiger partial charge in [-0.25, -0.2) is 0 Å². The van der Waals surface area contributed by atoms with Gasteiger partial charge in [-0.2, -0.15) is 0 Å². The first kappa shape index (κ1) is 20.4. The molecule has 152 valence electrons. The molecule has 0 unspecified atom stereocenters. The Balaban J connectivity index is 2.06. The van der Waals surface area contributed by atoms with E-state index < -0.39 is 16.4 Å². The maximum Gasteiger partial charge on any atom is 0.311 e. The van der Waals surface area contributed by atoms with E-state index in [-0.39, 0.29) is 41.5 Å². The van der Waals surface area contributed by atoms with Crippen LogP contribution in [-0.2, 0) is 19.1 Å². The van der Waals surface area contributed by atoms with Gasteiger partial charge in [0, 0.05) is 5.92 Å². The van der Waals surface area contributed by atoms with Crippen molar-refractivity contribution in [2.75, 3.05) is 14.2 Å². The first-order valence-electron chi connectivity index (χ1n) is 10.00. The summed E-state index contributed by atoms with van der Waals surface area (Å²) in [7, 11) is 2.84. The largest absolute Gasteiger partial charge is 0.469 e. The predicted molar refractivity (Wildman–Crippen MR) is 102 cm³/mol. The van der Waals surface area contributed by atoms with Gasteiger partial charge in [-0.3, -0.25) is 9.59 Å². The Labute approximate surface area is 162 Å². The third-order valence-electron chi connectivity index (χ3n) is 8.16. The number of aliphatic hydroxyl groups is 1. The fourth-order valence-electron chi connectivity index (χ4n) is 6.91. The Morgan fingerprint density at radius 3 is 2.44 bits per heavy atom. The Morgan fingerprint density at radius 2 is 1.89 bits per heavy atom. The van der Waals surface area contributed by atoms with E-state index in [4.69, 9.17) is 9.47 Å². The van der Waals surface area contributed by atoms with Gasteiger partial charge < -0.3 is 14.6 Å². The lowest BCUT2D eigenvalue weighted by atomic mass is 9.39. The summed E-state index contributed by atoms with van der Waals surface area (Å²) < 4.78 is 10.2. The van der Waals surface area contributed by atoms with Crippen LogP contribution in [0.5, 0.6) is 0 Å². The van der Waals surface area contributed by atoms with Crippen LogP contribution in [0.25, 0.3) is 0 Å². The Hall–Kier alpha value is -1.36. The van der Waals surface area contributed by atoms with Gasteiger partial charge in [0.2, 0.25) is 0 Å². The summed E-state index contributed by atoms with van der Waals surface area (Å²) in [6.07, 6.45) is 8.03. The zero-order valence-corrected chi connectivity index (χ0v) is 17.5. The Morgan fingerprint density at radius 1 is 1.22 bits per heavy atom. The van der Waals surface area contributed by atoms with Gasteiger partial charge in [0.25, 0.3) is 0 Å². The predicted octanol–water partition coefficient (Wildman–Crippen LogP) is 3.50. The van der Waals surface area contributed by atoms with Crippen molar-refractivity contribution in [1.82, 2.24) is 0 Å². The van der Waals surface area contributed by atoms with Crippen LogP contribution < -0.4 is 0 Å². The average molecular weight is 379 g/mol. The minimum atomic E-state index is -0.706. The number of methoxy groups -OCH3 is 2. The van der Waals surface area contributed by atoms with Crippen LogP contribution >= 0.6 is 0 Å². The number of hydrogen-bond acceptors (Lipinski definition) is 5. The summed E-state index contributed by atoms with van der Waals surface area (Å²) in [4.78, 5) is 25.0. The van der Waals surface area contributed by atoms with Gasteiger partial charge >= 0.3 is 11.9 Å². The van der Waals surface area contributed by atoms with E-state index in [1.54, 1.807) is 0 Å². The highest BCUT2D eigenvalue weighted by Gasteiger charge is 2.65. The topological polar surface area (TPSA) is 72.8 Å². The zero-order valence-electron chi connectivity index (χ0n) is 17.5. The number of rotatable bonds is 4. The van der Waals surface area contributed by atoms with Crippen molar-refractivity contribution in [2.45, 2.75) is 65.4 Å². The van der Waals surface area contributed by atoms with E-state index in [1.165, 1.54) is 14.2 Å². The third kappa shape index (κ3) is 2.93. The molecular weight excluding hydrogens is 344 g/mol. The molecule has 0 aromatic rings. The molecule has 0 saturated heterocycles. The third-order valence-corrected chi connectivity index (χ3v) is 8.16. The van der Waals surface area contributed by atoms with Crippen molar-refractivity contribution >= 4 is 11.9 Å². The van der Waals surface area contributed by atoms with Crippen molar-refractivity contribution in [3.63, 3.8) is 0 Å². The first-order chi connectivity index (χ1) is 12.4. The normalized spacial score (nSPS) is 43.1. The number of esters is 2. The molecular formula is C22H34O5. The highest BCUT2D eigenvalue weighted by molar-refractivity contribution is 5.77. The quantitative estimate of drug-likeness (QED) is 0.599. The van der Waals surface area contributed by atoms with Crippen LogP contribution in [0.15, 0.2) is 12.2 Å². The van der Waals surface area contributed by atoms with Gasteiger partial charge in [-0.05, 0) is 69.1 Å². The molecule has 0 aromatic heterocycles. The molecule has 4 rings (SSSR count). The molecule has 1 spiro atoms. The van der Waals surface area contributed by atoms with Crippen LogP contribution in [0.1, 0.15) is 59.8 Å². The van der Waals surface area contributed by atoms with Gasteiger partial charge in [0.15, 0.2) is 0 Å². The standard InChI is InChI=1S/C22H34O5/c1-19(2,18(24)27-6)15-8-10-22-9-7-14(21(4,25)13-22)11-16(22)20(15,3)12-17(23)26-5/h7,9,14-16,25H,8,10-13H2,1-6H3/t14-,15+,16-,20+,21-,22+/m0/s1. The number of hydrogen-bond donors (Lipinski definition) is 1. The number of carbonyl (C=O) groups is 2. The van der Waals surface area contributed by atoms with E-state index >= 15 is 0 Å². The number of ether oxygens (including phenoxy) is 2. The van der Waals surface area contributed by atoms with Gasteiger partial charge in [-0.15, -0.1) is 0 Å². The summed E-state index contributed by atoms with van der Waals surface area (Å²) in [5.74, 6) is -0.159. The monoisotopic (exact) mass is 378 g/mol. The van der Waals surface area contributed by atoms with E-state index in [0.717, 1.165) is 19.3 Å². The molecule has 5 nitrogen and oxygen atoms in total. The summed E-state index contributed by atoms with van der Waals surface area (Å²) in [6, 6.07) is 0. The number of fused-ring (bicyclic) bond motifs is 1. The summed E-state index contributed by atoms with van der Waals surface area (Å²) in [6.45, 7) is 7.95. The van der Waals surface area contributed by atoms with E-state index in [2.05, 4.69) is 19.1 Å². The Bertz CT molecular complexity index is 664. The molecule has 4 aliphatic carbocycles. The van der Waals surface area contributed by atoms with Crippen molar-refractivity contribution in [3.8, 4) is 0 Å². The lowest BCUT2D eigenvalue weighted by Crippen LogP contribution is -2.62. The van der Waals surface area contributed by atoms with Crippen LogP contribution in [0.4, 0.5) is 0 Å². The molecule has 2 fully saturated rings. The van der Waals surface area contributed by atoms with Crippen molar-refractivity contribution in [3.05, 3.63) is 12.2 Å². The maximum absolute atomic E-state index is 12.6. The van der Waals surface area contributed by atoms with Crippen LogP contribution in [0.2, 0.25) is 0 Å². The smallest absolute Gasteiger partial charge is 0.311 e. The van der Waals surface area contributed by atoms with Crippen molar-refractivity contribution in [2.24, 2.45) is 34.0 Å². The number of carbonyl (C=O) groups excluding carboxylic acids is 2. The van der Waals surface area contributed by atoms with Crippen molar-refractivity contribution in [1.29, 1.82) is 0 Å². The van der Waals surface area contributed by atoms with E-state index in [9.17, 15) is 14.7 Å². The molecule has 0 aliphatic heterocycles. The lowest BCUT2D eigenvalue weighted by Gasteiger charge is -2.65. The van der Waals surface area contributed by atoms with Gasteiger partial charge in [-0.1, -0.05) is 19.1 Å². The first-order valence-corrected chi connectivity index (χ1v) is 10.00. The molecule has 6 atom stereocenters. The molecule has 1 N–H and O–H groups in total. The minimum Gasteiger partial charge on any atom is -0.469 e. The summed E-state index contributed by atoms with van der Waals surface area (Å²) in [5, 5.41) is 10.9. The maximum atomic E-state index is 12.6. The number of allylic oxidation sites excluding steroid dienone is 1. The molecule has 5 heteroatoms. The van der Waals surface area contributed by atoms with Crippen LogP contribution in [-0.4, -0.2) is 36.9 Å². The summed E-state index contributed by atoms with van der Waals surface area (Å²) >= 11 is 0. The van der Waals surface area contributed by atoms with Crippen molar-refractivity contribution < 1.29 is 24.2 Å². The van der Waals surface area contributed by atoms with Crippen LogP contribution in [0.3, 0.4) is 0 Å². The molecule has 0 heterocycles. The lowest BCUT2D eigenvalue weighted by molar-refractivity contribution is -0.192. The van der Waals surface area contributed by atoms with E-state index in [1.807, 2.05) is 20.8 Å². The fourth-order valence-corrected chi connectivity index (χ4v) is 6.91. The van der Waals surface area contributed by atoms with Crippen LogP contribution in [0, 0.1) is 34.0 Å². The molecule has 2 saturated carbocycles. The average Bonchev–Trinajstić information content (AvgIpc) is 2.59. The summed E-state index contributed by atoms with van der Waals surface area (Å²) in [5.41, 5.74) is -1.92. The Kier molecular flexibility index (Phi) is 4.78. The van der Waals surface area contributed by atoms with Gasteiger partial charge in [0.1, 0.15) is 0 Å².